The molecule has 0 radical (unpaired) electrons. The van der Waals surface area contributed by atoms with Crippen LogP contribution in [-0.2, 0) is 16.1 Å². The lowest BCUT2D eigenvalue weighted by molar-refractivity contribution is -0.140. The van der Waals surface area contributed by atoms with E-state index in [1.807, 2.05) is 37.3 Å². The topological polar surface area (TPSA) is 80.0 Å². The van der Waals surface area contributed by atoms with Crippen molar-refractivity contribution in [3.8, 4) is 5.75 Å². The summed E-state index contributed by atoms with van der Waals surface area (Å²) in [6, 6.07) is 16.5. The van der Waals surface area contributed by atoms with Crippen LogP contribution in [-0.4, -0.2) is 28.3 Å². The molecule has 1 saturated heterocycles. The van der Waals surface area contributed by atoms with Gasteiger partial charge >= 0.3 is 0 Å². The smallest absolute Gasteiger partial charge is 0.296 e. The Morgan fingerprint density at radius 2 is 1.90 bits per heavy atom. The molecule has 0 bridgehead atoms. The van der Waals surface area contributed by atoms with Gasteiger partial charge in [0.1, 0.15) is 17.3 Å². The van der Waals surface area contributed by atoms with Crippen molar-refractivity contribution in [2.24, 2.45) is 0 Å². The van der Waals surface area contributed by atoms with Gasteiger partial charge in [-0.05, 0) is 42.8 Å². The van der Waals surface area contributed by atoms with Crippen molar-refractivity contribution in [2.45, 2.75) is 19.5 Å². The largest absolute Gasteiger partial charge is 0.507 e. The molecule has 4 rings (SSSR count). The van der Waals surface area contributed by atoms with Crippen molar-refractivity contribution in [1.82, 2.24) is 4.90 Å². The summed E-state index contributed by atoms with van der Waals surface area (Å²) in [6.07, 6.45) is 1.51. The SMILES string of the molecule is CCOc1ccc(C(O)=C2C(=O)C(=O)N(Cc3ccco3)C2c2ccccc2)cc1Cl. The van der Waals surface area contributed by atoms with Crippen LogP contribution in [0, 0.1) is 0 Å². The fraction of sp³-hybridized carbons (Fsp3) is 0.167. The number of hydrogen-bond acceptors (Lipinski definition) is 5. The number of benzene rings is 2. The number of amides is 1. The maximum atomic E-state index is 13.0. The molecule has 31 heavy (non-hydrogen) atoms. The average molecular weight is 438 g/mol. The number of rotatable bonds is 6. The minimum absolute atomic E-state index is 0.00276. The molecule has 1 aromatic heterocycles. The Morgan fingerprint density at radius 1 is 1.13 bits per heavy atom. The van der Waals surface area contributed by atoms with Gasteiger partial charge in [-0.3, -0.25) is 9.59 Å². The van der Waals surface area contributed by atoms with Crippen LogP contribution in [0.3, 0.4) is 0 Å². The van der Waals surface area contributed by atoms with Crippen LogP contribution in [0.4, 0.5) is 0 Å². The normalized spacial score (nSPS) is 17.9. The van der Waals surface area contributed by atoms with E-state index in [0.29, 0.717) is 34.3 Å². The van der Waals surface area contributed by atoms with Crippen LogP contribution in [0.5, 0.6) is 5.75 Å². The summed E-state index contributed by atoms with van der Waals surface area (Å²) < 4.78 is 10.8. The van der Waals surface area contributed by atoms with Gasteiger partial charge in [-0.1, -0.05) is 41.9 Å². The highest BCUT2D eigenvalue weighted by Crippen LogP contribution is 2.41. The molecule has 6 nitrogen and oxygen atoms in total. The molecule has 158 valence electrons. The van der Waals surface area contributed by atoms with Gasteiger partial charge in [0.15, 0.2) is 0 Å². The van der Waals surface area contributed by atoms with Crippen LogP contribution in [0.15, 0.2) is 76.9 Å². The fourth-order valence-corrected chi connectivity index (χ4v) is 3.91. The molecule has 1 fully saturated rings. The molecule has 3 aromatic rings. The standard InChI is InChI=1S/C24H20ClNO5/c1-2-30-19-11-10-16(13-18(19)25)22(27)20-21(15-7-4-3-5-8-15)26(24(29)23(20)28)14-17-9-6-12-31-17/h3-13,21,27H,2,14H2,1H3. The summed E-state index contributed by atoms with van der Waals surface area (Å²) in [5.74, 6) is -0.753. The quantitative estimate of drug-likeness (QED) is 0.335. The van der Waals surface area contributed by atoms with Gasteiger partial charge in [0, 0.05) is 5.56 Å². The summed E-state index contributed by atoms with van der Waals surface area (Å²) >= 11 is 6.27. The number of Topliss-reactive ketones (excluding diaryl/α,β-unsaturated/α-hetero) is 1. The van der Waals surface area contributed by atoms with E-state index >= 15 is 0 Å². The van der Waals surface area contributed by atoms with E-state index in [2.05, 4.69) is 0 Å². The average Bonchev–Trinajstić information content (AvgIpc) is 3.38. The van der Waals surface area contributed by atoms with Crippen molar-refractivity contribution in [3.63, 3.8) is 0 Å². The number of carbonyl (C=O) groups is 2. The van der Waals surface area contributed by atoms with Gasteiger partial charge in [0.2, 0.25) is 0 Å². The number of nitrogens with zero attached hydrogens (tertiary/aromatic N) is 1. The maximum Gasteiger partial charge on any atom is 0.296 e. The second-order valence-electron chi connectivity index (χ2n) is 7.00. The molecule has 2 heterocycles. The molecule has 7 heteroatoms. The number of hydrogen-bond donors (Lipinski definition) is 1. The van der Waals surface area contributed by atoms with Crippen molar-refractivity contribution >= 4 is 29.1 Å². The van der Waals surface area contributed by atoms with Gasteiger partial charge < -0.3 is 19.2 Å². The first-order valence-corrected chi connectivity index (χ1v) is 10.2. The summed E-state index contributed by atoms with van der Waals surface area (Å²) in [7, 11) is 0. The van der Waals surface area contributed by atoms with Crippen LogP contribution in [0.25, 0.3) is 5.76 Å². The minimum atomic E-state index is -0.767. The summed E-state index contributed by atoms with van der Waals surface area (Å²) in [6.45, 7) is 2.37. The number of ether oxygens (including phenoxy) is 1. The zero-order chi connectivity index (χ0) is 22.0. The molecule has 1 aliphatic heterocycles. The highest BCUT2D eigenvalue weighted by atomic mass is 35.5. The maximum absolute atomic E-state index is 13.0. The fourth-order valence-electron chi connectivity index (χ4n) is 3.67. The van der Waals surface area contributed by atoms with Gasteiger partial charge in [-0.2, -0.15) is 0 Å². The molecule has 1 aliphatic rings. The number of halogens is 1. The summed E-state index contributed by atoms with van der Waals surface area (Å²) in [5.41, 5.74) is 1.03. The molecule has 0 aliphatic carbocycles. The number of aliphatic hydroxyl groups is 1. The van der Waals surface area contributed by atoms with Crippen molar-refractivity contribution in [3.05, 3.63) is 94.4 Å². The van der Waals surface area contributed by atoms with Gasteiger partial charge in [0.05, 0.1) is 36.1 Å². The molecule has 1 N–H and O–H groups in total. The Bertz CT molecular complexity index is 1140. The van der Waals surface area contributed by atoms with E-state index in [0.717, 1.165) is 0 Å². The highest BCUT2D eigenvalue weighted by Gasteiger charge is 2.46. The molecule has 1 atom stereocenters. The third kappa shape index (κ3) is 3.94. The van der Waals surface area contributed by atoms with E-state index < -0.39 is 17.7 Å². The molecular weight excluding hydrogens is 418 g/mol. The highest BCUT2D eigenvalue weighted by molar-refractivity contribution is 6.46. The first-order valence-electron chi connectivity index (χ1n) is 9.79. The zero-order valence-corrected chi connectivity index (χ0v) is 17.5. The molecule has 1 amide bonds. The lowest BCUT2D eigenvalue weighted by atomic mass is 9.95. The Labute approximate surface area is 184 Å². The monoisotopic (exact) mass is 437 g/mol. The van der Waals surface area contributed by atoms with Crippen LogP contribution >= 0.6 is 11.6 Å². The van der Waals surface area contributed by atoms with E-state index in [4.69, 9.17) is 20.8 Å². The molecule has 2 aromatic carbocycles. The Hall–Kier alpha value is -3.51. The molecule has 0 saturated carbocycles. The molecule has 1 unspecified atom stereocenters. The van der Waals surface area contributed by atoms with Crippen LogP contribution in [0.1, 0.15) is 29.9 Å². The van der Waals surface area contributed by atoms with E-state index in [9.17, 15) is 14.7 Å². The van der Waals surface area contributed by atoms with Gasteiger partial charge in [0.25, 0.3) is 11.7 Å². The third-order valence-electron chi connectivity index (χ3n) is 5.07. The zero-order valence-electron chi connectivity index (χ0n) is 16.7. The lowest BCUT2D eigenvalue weighted by Crippen LogP contribution is -2.29. The minimum Gasteiger partial charge on any atom is -0.507 e. The first-order chi connectivity index (χ1) is 15.0. The molecule has 0 spiro atoms. The third-order valence-corrected chi connectivity index (χ3v) is 5.36. The Morgan fingerprint density at radius 3 is 2.55 bits per heavy atom. The Kier molecular flexibility index (Phi) is 5.82. The van der Waals surface area contributed by atoms with Gasteiger partial charge in [-0.15, -0.1) is 0 Å². The van der Waals surface area contributed by atoms with Crippen molar-refractivity contribution < 1.29 is 23.8 Å². The predicted octanol–water partition coefficient (Wildman–Crippen LogP) is 4.95. The second kappa shape index (κ2) is 8.70. The lowest BCUT2D eigenvalue weighted by Gasteiger charge is -2.24. The summed E-state index contributed by atoms with van der Waals surface area (Å²) in [5, 5.41) is 11.4. The van der Waals surface area contributed by atoms with Crippen LogP contribution < -0.4 is 4.74 Å². The van der Waals surface area contributed by atoms with E-state index in [1.54, 1.807) is 24.3 Å². The predicted molar refractivity (Wildman–Crippen MR) is 116 cm³/mol. The van der Waals surface area contributed by atoms with Gasteiger partial charge in [-0.25, -0.2) is 0 Å². The van der Waals surface area contributed by atoms with Crippen molar-refractivity contribution in [2.75, 3.05) is 6.61 Å². The number of carbonyl (C=O) groups excluding carboxylic acids is 2. The Balaban J connectivity index is 1.83. The first kappa shape index (κ1) is 20.8. The van der Waals surface area contributed by atoms with Crippen molar-refractivity contribution in [1.29, 1.82) is 0 Å². The number of likely N-dealkylation sites (tertiary alicyclic amines) is 1. The van der Waals surface area contributed by atoms with E-state index in [1.165, 1.54) is 17.2 Å². The number of furan rings is 1. The molecular formula is C24H20ClNO5. The van der Waals surface area contributed by atoms with E-state index in [-0.39, 0.29) is 17.9 Å². The summed E-state index contributed by atoms with van der Waals surface area (Å²) in [4.78, 5) is 27.3. The van der Waals surface area contributed by atoms with Crippen LogP contribution in [0.2, 0.25) is 5.02 Å². The number of aliphatic hydroxyl groups excluding tert-OH is 1. The second-order valence-corrected chi connectivity index (χ2v) is 7.40. The number of ketones is 1.